The van der Waals surface area contributed by atoms with Crippen LogP contribution in [0.5, 0.6) is 5.75 Å². The SMILES string of the molecule is Cc1ccc(C)c(NC(=O)COc2cccc(Br)c2)c1. The van der Waals surface area contributed by atoms with Crippen LogP contribution in [0.1, 0.15) is 11.1 Å². The highest BCUT2D eigenvalue weighted by atomic mass is 79.9. The number of halogens is 1. The number of aryl methyl sites for hydroxylation is 2. The Balaban J connectivity index is 1.94. The molecule has 0 heterocycles. The summed E-state index contributed by atoms with van der Waals surface area (Å²) in [6.07, 6.45) is 0. The maximum Gasteiger partial charge on any atom is 0.262 e. The lowest BCUT2D eigenvalue weighted by Crippen LogP contribution is -2.20. The molecule has 0 aliphatic carbocycles. The van der Waals surface area contributed by atoms with Crippen LogP contribution in [0.15, 0.2) is 46.9 Å². The van der Waals surface area contributed by atoms with E-state index >= 15 is 0 Å². The molecule has 4 heteroatoms. The second-order valence-electron chi connectivity index (χ2n) is 4.61. The highest BCUT2D eigenvalue weighted by Gasteiger charge is 2.06. The van der Waals surface area contributed by atoms with Crippen molar-refractivity contribution in [3.8, 4) is 5.75 Å². The smallest absolute Gasteiger partial charge is 0.262 e. The Labute approximate surface area is 127 Å². The Kier molecular flexibility index (Phi) is 4.79. The molecule has 2 aromatic carbocycles. The van der Waals surface area contributed by atoms with Gasteiger partial charge in [-0.1, -0.05) is 34.1 Å². The van der Waals surface area contributed by atoms with Gasteiger partial charge >= 0.3 is 0 Å². The topological polar surface area (TPSA) is 38.3 Å². The molecular weight excluding hydrogens is 318 g/mol. The number of carbonyl (C=O) groups is 1. The minimum atomic E-state index is -0.168. The van der Waals surface area contributed by atoms with Crippen molar-refractivity contribution >= 4 is 27.5 Å². The quantitative estimate of drug-likeness (QED) is 0.915. The van der Waals surface area contributed by atoms with Gasteiger partial charge in [0.15, 0.2) is 6.61 Å². The summed E-state index contributed by atoms with van der Waals surface area (Å²) in [6, 6.07) is 13.4. The van der Waals surface area contributed by atoms with Crippen molar-refractivity contribution in [1.29, 1.82) is 0 Å². The van der Waals surface area contributed by atoms with E-state index in [9.17, 15) is 4.79 Å². The first kappa shape index (κ1) is 14.6. The van der Waals surface area contributed by atoms with Crippen LogP contribution in [0.3, 0.4) is 0 Å². The van der Waals surface area contributed by atoms with E-state index in [4.69, 9.17) is 4.74 Å². The van der Waals surface area contributed by atoms with E-state index in [1.807, 2.05) is 56.3 Å². The zero-order chi connectivity index (χ0) is 14.5. The van der Waals surface area contributed by atoms with E-state index in [1.165, 1.54) is 0 Å². The van der Waals surface area contributed by atoms with Gasteiger partial charge in [0.2, 0.25) is 0 Å². The van der Waals surface area contributed by atoms with Crippen molar-refractivity contribution in [3.05, 3.63) is 58.1 Å². The van der Waals surface area contributed by atoms with Crippen molar-refractivity contribution < 1.29 is 9.53 Å². The summed E-state index contributed by atoms with van der Waals surface area (Å²) >= 11 is 3.36. The first-order valence-corrected chi connectivity index (χ1v) is 7.09. The molecule has 0 saturated carbocycles. The Hall–Kier alpha value is -1.81. The summed E-state index contributed by atoms with van der Waals surface area (Å²) < 4.78 is 6.37. The van der Waals surface area contributed by atoms with Crippen LogP contribution >= 0.6 is 15.9 Å². The summed E-state index contributed by atoms with van der Waals surface area (Å²) in [5.41, 5.74) is 2.97. The third kappa shape index (κ3) is 4.10. The van der Waals surface area contributed by atoms with Gasteiger partial charge in [-0.2, -0.15) is 0 Å². The predicted octanol–water partition coefficient (Wildman–Crippen LogP) is 4.08. The molecule has 0 fully saturated rings. The zero-order valence-electron chi connectivity index (χ0n) is 11.4. The van der Waals surface area contributed by atoms with Crippen molar-refractivity contribution in [2.75, 3.05) is 11.9 Å². The van der Waals surface area contributed by atoms with Gasteiger partial charge in [0, 0.05) is 10.2 Å². The number of nitrogens with one attached hydrogen (secondary N) is 1. The molecular formula is C16H16BrNO2. The minimum absolute atomic E-state index is 0.0101. The molecule has 0 spiro atoms. The van der Waals surface area contributed by atoms with Gasteiger partial charge in [-0.3, -0.25) is 4.79 Å². The van der Waals surface area contributed by atoms with Crippen LogP contribution in [0.25, 0.3) is 0 Å². The highest BCUT2D eigenvalue weighted by molar-refractivity contribution is 9.10. The van der Waals surface area contributed by atoms with Gasteiger partial charge in [-0.25, -0.2) is 0 Å². The average molecular weight is 334 g/mol. The molecule has 1 amide bonds. The second kappa shape index (κ2) is 6.57. The van der Waals surface area contributed by atoms with Crippen molar-refractivity contribution in [3.63, 3.8) is 0 Å². The number of ether oxygens (including phenoxy) is 1. The van der Waals surface area contributed by atoms with E-state index in [-0.39, 0.29) is 12.5 Å². The van der Waals surface area contributed by atoms with Crippen molar-refractivity contribution in [2.45, 2.75) is 13.8 Å². The Morgan fingerprint density at radius 1 is 1.20 bits per heavy atom. The number of rotatable bonds is 4. The third-order valence-corrected chi connectivity index (χ3v) is 3.33. The van der Waals surface area contributed by atoms with E-state index in [1.54, 1.807) is 0 Å². The summed E-state index contributed by atoms with van der Waals surface area (Å²) in [5, 5.41) is 2.86. The molecule has 0 aliphatic rings. The number of anilines is 1. The van der Waals surface area contributed by atoms with Gasteiger partial charge in [0.05, 0.1) is 0 Å². The maximum absolute atomic E-state index is 11.9. The third-order valence-electron chi connectivity index (χ3n) is 2.83. The molecule has 104 valence electrons. The molecule has 1 N–H and O–H groups in total. The van der Waals surface area contributed by atoms with Crippen LogP contribution in [0, 0.1) is 13.8 Å². The summed E-state index contributed by atoms with van der Waals surface area (Å²) in [7, 11) is 0. The number of amides is 1. The lowest BCUT2D eigenvalue weighted by molar-refractivity contribution is -0.118. The standard InChI is InChI=1S/C16H16BrNO2/c1-11-6-7-12(2)15(8-11)18-16(19)10-20-14-5-3-4-13(17)9-14/h3-9H,10H2,1-2H3,(H,18,19). The normalized spacial score (nSPS) is 10.2. The number of carbonyl (C=O) groups excluding carboxylic acids is 1. The fourth-order valence-electron chi connectivity index (χ4n) is 1.76. The number of hydrogen-bond donors (Lipinski definition) is 1. The number of hydrogen-bond acceptors (Lipinski definition) is 2. The first-order chi connectivity index (χ1) is 9.54. The van der Waals surface area contributed by atoms with Gasteiger partial charge in [0.1, 0.15) is 5.75 Å². The molecule has 0 bridgehead atoms. The molecule has 3 nitrogen and oxygen atoms in total. The average Bonchev–Trinajstić information content (AvgIpc) is 2.41. The first-order valence-electron chi connectivity index (χ1n) is 6.30. The maximum atomic E-state index is 11.9. The molecule has 2 rings (SSSR count). The van der Waals surface area contributed by atoms with Gasteiger partial charge < -0.3 is 10.1 Å². The van der Waals surface area contributed by atoms with Crippen LogP contribution in [0.4, 0.5) is 5.69 Å². The summed E-state index contributed by atoms with van der Waals surface area (Å²) in [5.74, 6) is 0.495. The molecule has 0 atom stereocenters. The molecule has 0 unspecified atom stereocenters. The molecule has 0 aromatic heterocycles. The zero-order valence-corrected chi connectivity index (χ0v) is 13.0. The van der Waals surface area contributed by atoms with E-state index in [0.29, 0.717) is 5.75 Å². The monoisotopic (exact) mass is 333 g/mol. The molecule has 2 aromatic rings. The largest absolute Gasteiger partial charge is 0.484 e. The molecule has 0 saturated heterocycles. The number of benzene rings is 2. The van der Waals surface area contributed by atoms with Gasteiger partial charge in [0.25, 0.3) is 5.91 Å². The van der Waals surface area contributed by atoms with E-state index in [2.05, 4.69) is 21.2 Å². The van der Waals surface area contributed by atoms with Crippen LogP contribution in [-0.4, -0.2) is 12.5 Å². The molecule has 0 radical (unpaired) electrons. The van der Waals surface area contributed by atoms with E-state index in [0.717, 1.165) is 21.3 Å². The molecule has 0 aliphatic heterocycles. The predicted molar refractivity (Wildman–Crippen MR) is 84.2 cm³/mol. The summed E-state index contributed by atoms with van der Waals surface area (Å²) in [4.78, 5) is 11.9. The Morgan fingerprint density at radius 3 is 2.75 bits per heavy atom. The fourth-order valence-corrected chi connectivity index (χ4v) is 2.14. The van der Waals surface area contributed by atoms with Gasteiger partial charge in [-0.15, -0.1) is 0 Å². The van der Waals surface area contributed by atoms with Gasteiger partial charge in [-0.05, 0) is 49.2 Å². The second-order valence-corrected chi connectivity index (χ2v) is 5.53. The lowest BCUT2D eigenvalue weighted by Gasteiger charge is -2.10. The summed E-state index contributed by atoms with van der Waals surface area (Å²) in [6.45, 7) is 3.95. The lowest BCUT2D eigenvalue weighted by atomic mass is 10.1. The van der Waals surface area contributed by atoms with Crippen molar-refractivity contribution in [1.82, 2.24) is 0 Å². The van der Waals surface area contributed by atoms with E-state index < -0.39 is 0 Å². The Bertz CT molecular complexity index is 626. The fraction of sp³-hybridized carbons (Fsp3) is 0.188. The van der Waals surface area contributed by atoms with Crippen LogP contribution < -0.4 is 10.1 Å². The Morgan fingerprint density at radius 2 is 2.00 bits per heavy atom. The van der Waals surface area contributed by atoms with Crippen molar-refractivity contribution in [2.24, 2.45) is 0 Å². The van der Waals surface area contributed by atoms with Crippen LogP contribution in [0.2, 0.25) is 0 Å². The molecule has 20 heavy (non-hydrogen) atoms. The minimum Gasteiger partial charge on any atom is -0.484 e. The highest BCUT2D eigenvalue weighted by Crippen LogP contribution is 2.18. The van der Waals surface area contributed by atoms with Crippen LogP contribution in [-0.2, 0) is 4.79 Å².